The summed E-state index contributed by atoms with van der Waals surface area (Å²) in [6, 6.07) is 20.7. The number of carbonyl (C=O) groups excluding carboxylic acids is 1. The fraction of sp³-hybridized carbons (Fsp3) is 0.320. The summed E-state index contributed by atoms with van der Waals surface area (Å²) in [4.78, 5) is 15.4. The number of hydrogen-bond donors (Lipinski definition) is 4. The van der Waals surface area contributed by atoms with Crippen LogP contribution in [-0.4, -0.2) is 36.8 Å². The number of benzene rings is 2. The Kier molecular flexibility index (Phi) is 15.1. The van der Waals surface area contributed by atoms with Gasteiger partial charge >= 0.3 is 0 Å². The predicted octanol–water partition coefficient (Wildman–Crippen LogP) is 4.25. The quantitative estimate of drug-likeness (QED) is 0.299. The van der Waals surface area contributed by atoms with Gasteiger partial charge in [-0.3, -0.25) is 10.2 Å². The second kappa shape index (κ2) is 15.6. The molecule has 0 saturated carbocycles. The van der Waals surface area contributed by atoms with E-state index >= 15 is 0 Å². The third-order valence-corrected chi connectivity index (χ3v) is 4.81. The van der Waals surface area contributed by atoms with E-state index in [1.165, 1.54) is 0 Å². The molecule has 0 saturated heterocycles. The van der Waals surface area contributed by atoms with Crippen LogP contribution < -0.4 is 17.6 Å². The van der Waals surface area contributed by atoms with Crippen LogP contribution in [0.15, 0.2) is 79.6 Å². The number of rotatable bonds is 7. The summed E-state index contributed by atoms with van der Waals surface area (Å²) in [6.45, 7) is 10.4. The first kappa shape index (κ1) is 30.0. The van der Waals surface area contributed by atoms with Crippen molar-refractivity contribution in [1.29, 1.82) is 5.41 Å². The number of Topliss-reactive ketones (excluding diaryl/α,β-unsaturated/α-hetero) is 1. The average molecular weight is 426 g/mol. The van der Waals surface area contributed by atoms with E-state index in [1.54, 1.807) is 0 Å². The number of ketones is 1. The Balaban J connectivity index is 0. The van der Waals surface area contributed by atoms with E-state index in [0.29, 0.717) is 12.5 Å². The second-order valence-electron chi connectivity index (χ2n) is 7.14. The summed E-state index contributed by atoms with van der Waals surface area (Å²) >= 11 is 0. The van der Waals surface area contributed by atoms with Crippen molar-refractivity contribution in [2.24, 2.45) is 11.5 Å². The first-order valence-corrected chi connectivity index (χ1v) is 9.86. The lowest BCUT2D eigenvalue weighted by molar-refractivity contribution is -0.123. The third-order valence-electron chi connectivity index (χ3n) is 4.81. The van der Waals surface area contributed by atoms with Gasteiger partial charge in [-0.1, -0.05) is 80.7 Å². The number of guanidine groups is 1. The standard InChI is InChI=1S/C21H27NO.C3H4.CH5N3.H3N/c1-5-20(23)21(16-17(2)22(3)4,18-12-8-6-9-13-18)19-14-10-7-11-15-19;1-3-2;2-1(3)4;/h6-15,17H,5,16H2,1-4H3;1-2H2;(H5,2,3,4);1H3. The molecular formula is C25H39N5O. The lowest BCUT2D eigenvalue weighted by Gasteiger charge is -2.37. The van der Waals surface area contributed by atoms with Gasteiger partial charge in [0.2, 0.25) is 0 Å². The van der Waals surface area contributed by atoms with Gasteiger partial charge in [0.15, 0.2) is 5.96 Å². The Labute approximate surface area is 187 Å². The molecule has 8 N–H and O–H groups in total. The van der Waals surface area contributed by atoms with Crippen LogP contribution in [-0.2, 0) is 10.2 Å². The van der Waals surface area contributed by atoms with Crippen molar-refractivity contribution in [2.45, 2.75) is 38.1 Å². The van der Waals surface area contributed by atoms with Gasteiger partial charge in [0.1, 0.15) is 5.78 Å². The summed E-state index contributed by atoms with van der Waals surface area (Å²) in [5.41, 5.74) is 12.8. The molecule has 0 radical (unpaired) electrons. The van der Waals surface area contributed by atoms with Gasteiger partial charge < -0.3 is 22.5 Å². The molecule has 0 aromatic heterocycles. The molecule has 6 heteroatoms. The first-order chi connectivity index (χ1) is 14.2. The van der Waals surface area contributed by atoms with Gasteiger partial charge in [0.05, 0.1) is 5.41 Å². The Morgan fingerprint density at radius 2 is 1.35 bits per heavy atom. The Hall–Kier alpha value is -3.18. The van der Waals surface area contributed by atoms with Gasteiger partial charge in [-0.05, 0) is 38.6 Å². The molecule has 0 spiro atoms. The van der Waals surface area contributed by atoms with E-state index in [0.717, 1.165) is 17.5 Å². The van der Waals surface area contributed by atoms with Gasteiger partial charge in [-0.2, -0.15) is 0 Å². The molecule has 0 heterocycles. The van der Waals surface area contributed by atoms with E-state index in [9.17, 15) is 4.79 Å². The van der Waals surface area contributed by atoms with Crippen molar-refractivity contribution in [3.63, 3.8) is 0 Å². The van der Waals surface area contributed by atoms with Crippen molar-refractivity contribution in [3.8, 4) is 0 Å². The minimum Gasteiger partial charge on any atom is -0.370 e. The topological polar surface area (TPSA) is 131 Å². The molecule has 2 aromatic carbocycles. The minimum absolute atomic E-state index is 0. The predicted molar refractivity (Wildman–Crippen MR) is 133 cm³/mol. The number of nitrogens with two attached hydrogens (primary N) is 2. The van der Waals surface area contributed by atoms with Gasteiger partial charge in [0.25, 0.3) is 0 Å². The number of carbonyl (C=O) groups is 1. The number of nitrogens with zero attached hydrogens (tertiary/aromatic N) is 1. The highest BCUT2D eigenvalue weighted by molar-refractivity contribution is 5.93. The first-order valence-electron chi connectivity index (χ1n) is 9.86. The molecule has 0 amide bonds. The van der Waals surface area contributed by atoms with Crippen LogP contribution in [0, 0.1) is 5.41 Å². The second-order valence-corrected chi connectivity index (χ2v) is 7.14. The molecular weight excluding hydrogens is 386 g/mol. The van der Waals surface area contributed by atoms with Crippen molar-refractivity contribution >= 4 is 11.7 Å². The molecule has 1 atom stereocenters. The van der Waals surface area contributed by atoms with E-state index in [-0.39, 0.29) is 17.9 Å². The van der Waals surface area contributed by atoms with E-state index in [1.807, 2.05) is 43.3 Å². The average Bonchev–Trinajstić information content (AvgIpc) is 2.72. The zero-order valence-corrected chi connectivity index (χ0v) is 19.4. The zero-order valence-electron chi connectivity index (χ0n) is 19.4. The van der Waals surface area contributed by atoms with Crippen LogP contribution >= 0.6 is 0 Å². The highest BCUT2D eigenvalue weighted by Crippen LogP contribution is 2.39. The van der Waals surface area contributed by atoms with Crippen LogP contribution in [0.2, 0.25) is 0 Å². The van der Waals surface area contributed by atoms with Crippen molar-refractivity contribution < 1.29 is 4.79 Å². The summed E-state index contributed by atoms with van der Waals surface area (Å²) in [7, 11) is 4.14. The molecule has 0 aliphatic rings. The highest BCUT2D eigenvalue weighted by Gasteiger charge is 2.41. The lowest BCUT2D eigenvalue weighted by atomic mass is 9.67. The van der Waals surface area contributed by atoms with Crippen molar-refractivity contribution in [3.05, 3.63) is 90.7 Å². The molecule has 2 aromatic rings. The van der Waals surface area contributed by atoms with Gasteiger partial charge in [0, 0.05) is 12.5 Å². The Morgan fingerprint density at radius 3 is 1.61 bits per heavy atom. The minimum atomic E-state index is -0.582. The molecule has 0 bridgehead atoms. The Bertz CT molecular complexity index is 754. The zero-order chi connectivity index (χ0) is 23.2. The molecule has 2 rings (SSSR count). The van der Waals surface area contributed by atoms with Crippen LogP contribution in [0.4, 0.5) is 0 Å². The summed E-state index contributed by atoms with van der Waals surface area (Å²) in [5, 5.41) is 6.06. The van der Waals surface area contributed by atoms with Crippen LogP contribution in [0.3, 0.4) is 0 Å². The fourth-order valence-electron chi connectivity index (χ4n) is 3.21. The maximum Gasteiger partial charge on any atom is 0.183 e. The SMILES string of the molecule is C=C=C.CCC(=O)C(CC(C)N(C)C)(c1ccccc1)c1ccccc1.N.N=C(N)N. The number of nitrogens with one attached hydrogen (secondary N) is 1. The molecule has 1 unspecified atom stereocenters. The maximum atomic E-state index is 13.2. The highest BCUT2D eigenvalue weighted by atomic mass is 16.1. The lowest BCUT2D eigenvalue weighted by Crippen LogP contribution is -2.42. The van der Waals surface area contributed by atoms with Gasteiger partial charge in [-0.15, -0.1) is 5.73 Å². The summed E-state index contributed by atoms with van der Waals surface area (Å²) in [5.74, 6) is -0.0522. The van der Waals surface area contributed by atoms with Gasteiger partial charge in [-0.25, -0.2) is 0 Å². The molecule has 0 aliphatic heterocycles. The Morgan fingerprint density at radius 1 is 1.03 bits per heavy atom. The largest absolute Gasteiger partial charge is 0.370 e. The van der Waals surface area contributed by atoms with Crippen LogP contribution in [0.25, 0.3) is 0 Å². The monoisotopic (exact) mass is 425 g/mol. The normalized spacial score (nSPS) is 10.7. The molecule has 170 valence electrons. The fourth-order valence-corrected chi connectivity index (χ4v) is 3.21. The maximum absolute atomic E-state index is 13.2. The van der Waals surface area contributed by atoms with Crippen LogP contribution in [0.1, 0.15) is 37.8 Å². The van der Waals surface area contributed by atoms with E-state index in [2.05, 4.69) is 80.5 Å². The molecule has 31 heavy (non-hydrogen) atoms. The van der Waals surface area contributed by atoms with E-state index < -0.39 is 5.41 Å². The smallest absolute Gasteiger partial charge is 0.183 e. The third kappa shape index (κ3) is 9.45. The summed E-state index contributed by atoms with van der Waals surface area (Å²) in [6.07, 6.45) is 1.31. The van der Waals surface area contributed by atoms with E-state index in [4.69, 9.17) is 5.41 Å². The van der Waals surface area contributed by atoms with Crippen LogP contribution in [0.5, 0.6) is 0 Å². The molecule has 0 fully saturated rings. The van der Waals surface area contributed by atoms with Crippen molar-refractivity contribution in [1.82, 2.24) is 11.1 Å². The summed E-state index contributed by atoms with van der Waals surface area (Å²) < 4.78 is 0. The molecule has 0 aliphatic carbocycles. The number of hydrogen-bond acceptors (Lipinski definition) is 4. The molecule has 6 nitrogen and oxygen atoms in total. The van der Waals surface area contributed by atoms with Crippen molar-refractivity contribution in [2.75, 3.05) is 14.1 Å².